The van der Waals surface area contributed by atoms with Gasteiger partial charge in [0.25, 0.3) is 0 Å². The standard InChI is InChI=1S/C28H25F3/c1-4-6-21(7-5-2)25-17-15-23(27(30)28(25)31)14-11-20-9-12-22(13-10-20)24-16-8-19(3)18-26(24)29/h4-10,12-13,15-18H,1,11,14H2,2-3H3/b7-5-,21-6+. The Labute approximate surface area is 182 Å². The minimum Gasteiger partial charge on any atom is -0.206 e. The van der Waals surface area contributed by atoms with Crippen molar-refractivity contribution in [1.82, 2.24) is 0 Å². The fraction of sp³-hybridized carbons (Fsp3) is 0.143. The molecule has 0 bridgehead atoms. The average molecular weight is 419 g/mol. The van der Waals surface area contributed by atoms with Gasteiger partial charge in [-0.15, -0.1) is 0 Å². The van der Waals surface area contributed by atoms with E-state index in [0.29, 0.717) is 29.5 Å². The van der Waals surface area contributed by atoms with Gasteiger partial charge in [-0.3, -0.25) is 0 Å². The molecule has 3 rings (SSSR count). The van der Waals surface area contributed by atoms with Crippen molar-refractivity contribution in [3.8, 4) is 11.1 Å². The van der Waals surface area contributed by atoms with Crippen LogP contribution in [0.3, 0.4) is 0 Å². The zero-order valence-electron chi connectivity index (χ0n) is 17.8. The zero-order chi connectivity index (χ0) is 22.4. The first-order chi connectivity index (χ1) is 14.9. The minimum atomic E-state index is -0.853. The highest BCUT2D eigenvalue weighted by Crippen LogP contribution is 2.26. The van der Waals surface area contributed by atoms with E-state index < -0.39 is 11.6 Å². The lowest BCUT2D eigenvalue weighted by molar-refractivity contribution is 0.496. The lowest BCUT2D eigenvalue weighted by Gasteiger charge is -2.10. The maximum absolute atomic E-state index is 14.7. The second-order valence-corrected chi connectivity index (χ2v) is 7.44. The lowest BCUT2D eigenvalue weighted by atomic mass is 9.97. The van der Waals surface area contributed by atoms with E-state index in [1.807, 2.05) is 44.2 Å². The van der Waals surface area contributed by atoms with Crippen molar-refractivity contribution in [2.24, 2.45) is 0 Å². The molecule has 0 aliphatic carbocycles. The molecule has 0 saturated carbocycles. The Bertz CT molecular complexity index is 1140. The van der Waals surface area contributed by atoms with Gasteiger partial charge in [0.15, 0.2) is 11.6 Å². The SMILES string of the molecule is C=C/C=C(\C=C/C)c1ccc(CCc2ccc(-c3ccc(C)cc3F)cc2)c(F)c1F. The van der Waals surface area contributed by atoms with Crippen LogP contribution in [0.5, 0.6) is 0 Å². The average Bonchev–Trinajstić information content (AvgIpc) is 2.75. The van der Waals surface area contributed by atoms with E-state index in [1.54, 1.807) is 42.5 Å². The van der Waals surface area contributed by atoms with Gasteiger partial charge in [0, 0.05) is 11.1 Å². The normalized spacial score (nSPS) is 11.8. The molecule has 0 nitrogen and oxygen atoms in total. The highest BCUT2D eigenvalue weighted by molar-refractivity contribution is 5.75. The Hall–Kier alpha value is -3.33. The lowest BCUT2D eigenvalue weighted by Crippen LogP contribution is -2.01. The zero-order valence-corrected chi connectivity index (χ0v) is 17.8. The molecule has 0 amide bonds. The molecule has 0 radical (unpaired) electrons. The van der Waals surface area contributed by atoms with E-state index >= 15 is 0 Å². The highest BCUT2D eigenvalue weighted by Gasteiger charge is 2.15. The Kier molecular flexibility index (Phi) is 7.30. The number of halogens is 3. The van der Waals surface area contributed by atoms with Crippen LogP contribution >= 0.6 is 0 Å². The fourth-order valence-electron chi connectivity index (χ4n) is 3.53. The first-order valence-corrected chi connectivity index (χ1v) is 10.2. The molecule has 0 spiro atoms. The second-order valence-electron chi connectivity index (χ2n) is 7.44. The van der Waals surface area contributed by atoms with Gasteiger partial charge in [-0.05, 0) is 60.6 Å². The molecule has 3 aromatic carbocycles. The number of benzene rings is 3. The van der Waals surface area contributed by atoms with Crippen molar-refractivity contribution in [3.05, 3.63) is 125 Å². The van der Waals surface area contributed by atoms with Gasteiger partial charge >= 0.3 is 0 Å². The third-order valence-electron chi connectivity index (χ3n) is 5.19. The van der Waals surface area contributed by atoms with Crippen LogP contribution in [0.25, 0.3) is 16.7 Å². The van der Waals surface area contributed by atoms with Crippen LogP contribution in [0.4, 0.5) is 13.2 Å². The third-order valence-corrected chi connectivity index (χ3v) is 5.19. The summed E-state index contributed by atoms with van der Waals surface area (Å²) in [5, 5.41) is 0. The Morgan fingerprint density at radius 1 is 0.903 bits per heavy atom. The summed E-state index contributed by atoms with van der Waals surface area (Å²) in [6.07, 6.45) is 7.61. The van der Waals surface area contributed by atoms with Crippen molar-refractivity contribution in [3.63, 3.8) is 0 Å². The van der Waals surface area contributed by atoms with Crippen LogP contribution in [0.1, 0.15) is 29.2 Å². The molecule has 0 N–H and O–H groups in total. The molecule has 0 unspecified atom stereocenters. The Morgan fingerprint density at radius 3 is 2.29 bits per heavy atom. The number of hydrogen-bond donors (Lipinski definition) is 0. The summed E-state index contributed by atoms with van der Waals surface area (Å²) in [6.45, 7) is 7.29. The number of aryl methyl sites for hydroxylation is 3. The van der Waals surface area contributed by atoms with E-state index in [1.165, 1.54) is 6.07 Å². The van der Waals surface area contributed by atoms with Crippen molar-refractivity contribution in [1.29, 1.82) is 0 Å². The van der Waals surface area contributed by atoms with Crippen molar-refractivity contribution in [2.75, 3.05) is 0 Å². The third kappa shape index (κ3) is 5.24. The van der Waals surface area contributed by atoms with Crippen molar-refractivity contribution in [2.45, 2.75) is 26.7 Å². The van der Waals surface area contributed by atoms with Crippen LogP contribution in [-0.2, 0) is 12.8 Å². The van der Waals surface area contributed by atoms with Gasteiger partial charge in [-0.1, -0.05) is 79.4 Å². The second kappa shape index (κ2) is 10.1. The molecule has 0 aliphatic rings. The molecule has 31 heavy (non-hydrogen) atoms. The van der Waals surface area contributed by atoms with Gasteiger partial charge in [0.2, 0.25) is 0 Å². The summed E-state index contributed by atoms with van der Waals surface area (Å²) < 4.78 is 43.5. The van der Waals surface area contributed by atoms with Crippen molar-refractivity contribution < 1.29 is 13.2 Å². The molecule has 0 aromatic heterocycles. The molecule has 3 heteroatoms. The van der Waals surface area contributed by atoms with Crippen LogP contribution < -0.4 is 0 Å². The van der Waals surface area contributed by atoms with Gasteiger partial charge in [0.1, 0.15) is 5.82 Å². The van der Waals surface area contributed by atoms with Gasteiger partial charge in [-0.2, -0.15) is 0 Å². The van der Waals surface area contributed by atoms with Crippen LogP contribution in [0.15, 0.2) is 85.5 Å². The summed E-state index contributed by atoms with van der Waals surface area (Å²) in [5.74, 6) is -1.93. The van der Waals surface area contributed by atoms with Crippen molar-refractivity contribution >= 4 is 5.57 Å². The number of hydrogen-bond acceptors (Lipinski definition) is 0. The summed E-state index contributed by atoms with van der Waals surface area (Å²) in [5.41, 5.74) is 4.28. The predicted molar refractivity (Wildman–Crippen MR) is 123 cm³/mol. The van der Waals surface area contributed by atoms with Crippen LogP contribution in [-0.4, -0.2) is 0 Å². The summed E-state index contributed by atoms with van der Waals surface area (Å²) in [7, 11) is 0. The fourth-order valence-corrected chi connectivity index (χ4v) is 3.53. The Balaban J connectivity index is 1.76. The van der Waals surface area contributed by atoms with Crippen LogP contribution in [0, 0.1) is 24.4 Å². The predicted octanol–water partition coefficient (Wildman–Crippen LogP) is 8.01. The smallest absolute Gasteiger partial charge is 0.166 e. The molecule has 0 aliphatic heterocycles. The van der Waals surface area contributed by atoms with Gasteiger partial charge < -0.3 is 0 Å². The molecule has 0 atom stereocenters. The quantitative estimate of drug-likeness (QED) is 0.341. The molecule has 158 valence electrons. The summed E-state index contributed by atoms with van der Waals surface area (Å²) in [6, 6.07) is 15.9. The first-order valence-electron chi connectivity index (χ1n) is 10.2. The molecule has 0 fully saturated rings. The largest absolute Gasteiger partial charge is 0.206 e. The Morgan fingerprint density at radius 2 is 1.65 bits per heavy atom. The molecule has 3 aromatic rings. The van der Waals surface area contributed by atoms with E-state index in [4.69, 9.17) is 0 Å². The van der Waals surface area contributed by atoms with Crippen LogP contribution in [0.2, 0.25) is 0 Å². The summed E-state index contributed by atoms with van der Waals surface area (Å²) >= 11 is 0. The maximum atomic E-state index is 14.7. The molecule has 0 heterocycles. The maximum Gasteiger partial charge on any atom is 0.166 e. The van der Waals surface area contributed by atoms with Gasteiger partial charge in [-0.25, -0.2) is 13.2 Å². The molecular weight excluding hydrogens is 393 g/mol. The summed E-state index contributed by atoms with van der Waals surface area (Å²) in [4.78, 5) is 0. The minimum absolute atomic E-state index is 0.212. The van der Waals surface area contributed by atoms with E-state index in [0.717, 1.165) is 16.7 Å². The van der Waals surface area contributed by atoms with Gasteiger partial charge in [0.05, 0.1) is 0 Å². The topological polar surface area (TPSA) is 0 Å². The number of rotatable bonds is 7. The first kappa shape index (κ1) is 22.4. The highest BCUT2D eigenvalue weighted by atomic mass is 19.2. The monoisotopic (exact) mass is 418 g/mol. The van der Waals surface area contributed by atoms with E-state index in [9.17, 15) is 13.2 Å². The molecule has 0 saturated heterocycles. The van der Waals surface area contributed by atoms with E-state index in [-0.39, 0.29) is 11.4 Å². The molecular formula is C28H25F3. The van der Waals surface area contributed by atoms with E-state index in [2.05, 4.69) is 6.58 Å². The number of allylic oxidation sites excluding steroid dienone is 5.